The normalized spacial score (nSPS) is 12.3. The lowest BCUT2D eigenvalue weighted by Gasteiger charge is -2.07. The highest BCUT2D eigenvalue weighted by atomic mass is 14.7. The van der Waals surface area contributed by atoms with E-state index in [-0.39, 0.29) is 6.04 Å². The fourth-order valence-corrected chi connectivity index (χ4v) is 1.23. The number of nitrogens with two attached hydrogens (primary N) is 1. The summed E-state index contributed by atoms with van der Waals surface area (Å²) in [5.41, 5.74) is 9.33. The molecule has 70 valence electrons. The SMILES string of the molecule is CC(C)=CC(N)c1ccnc(C)c1. The van der Waals surface area contributed by atoms with Crippen LogP contribution in [0.2, 0.25) is 0 Å². The zero-order valence-corrected chi connectivity index (χ0v) is 8.41. The molecule has 2 N–H and O–H groups in total. The minimum absolute atomic E-state index is 0.00769. The molecule has 0 spiro atoms. The number of allylic oxidation sites excluding steroid dienone is 1. The Labute approximate surface area is 79.5 Å². The lowest BCUT2D eigenvalue weighted by Crippen LogP contribution is -2.07. The number of pyridine rings is 1. The van der Waals surface area contributed by atoms with Crippen molar-refractivity contribution in [2.24, 2.45) is 5.73 Å². The molecule has 1 unspecified atom stereocenters. The summed E-state index contributed by atoms with van der Waals surface area (Å²) in [5, 5.41) is 0. The highest BCUT2D eigenvalue weighted by Crippen LogP contribution is 2.13. The lowest BCUT2D eigenvalue weighted by atomic mass is 10.1. The summed E-state index contributed by atoms with van der Waals surface area (Å²) < 4.78 is 0. The average Bonchev–Trinajstić information content (AvgIpc) is 2.03. The van der Waals surface area contributed by atoms with Gasteiger partial charge in [-0.05, 0) is 38.5 Å². The van der Waals surface area contributed by atoms with Gasteiger partial charge in [0.2, 0.25) is 0 Å². The second-order valence-electron chi connectivity index (χ2n) is 3.50. The topological polar surface area (TPSA) is 38.9 Å². The van der Waals surface area contributed by atoms with Gasteiger partial charge in [-0.1, -0.05) is 11.6 Å². The van der Waals surface area contributed by atoms with Crippen LogP contribution in [0.25, 0.3) is 0 Å². The van der Waals surface area contributed by atoms with Gasteiger partial charge in [-0.3, -0.25) is 4.98 Å². The summed E-state index contributed by atoms with van der Waals surface area (Å²) in [4.78, 5) is 4.13. The Morgan fingerprint density at radius 3 is 2.77 bits per heavy atom. The van der Waals surface area contributed by atoms with Crippen LogP contribution in [-0.2, 0) is 0 Å². The van der Waals surface area contributed by atoms with Gasteiger partial charge in [0.25, 0.3) is 0 Å². The van der Waals surface area contributed by atoms with E-state index in [1.807, 2.05) is 32.9 Å². The molecule has 0 saturated heterocycles. The highest BCUT2D eigenvalue weighted by molar-refractivity contribution is 5.23. The second-order valence-corrected chi connectivity index (χ2v) is 3.50. The largest absolute Gasteiger partial charge is 0.321 e. The minimum Gasteiger partial charge on any atom is -0.321 e. The van der Waals surface area contributed by atoms with Gasteiger partial charge in [-0.15, -0.1) is 0 Å². The number of hydrogen-bond donors (Lipinski definition) is 1. The van der Waals surface area contributed by atoms with E-state index in [9.17, 15) is 0 Å². The third-order valence-electron chi connectivity index (χ3n) is 1.82. The van der Waals surface area contributed by atoms with E-state index in [4.69, 9.17) is 5.73 Å². The Bertz CT molecular complexity index is 312. The van der Waals surface area contributed by atoms with Crippen molar-refractivity contribution in [3.63, 3.8) is 0 Å². The lowest BCUT2D eigenvalue weighted by molar-refractivity contribution is 0.890. The summed E-state index contributed by atoms with van der Waals surface area (Å²) in [6.07, 6.45) is 3.85. The third kappa shape index (κ3) is 2.99. The molecule has 1 heterocycles. The molecule has 0 aromatic carbocycles. The first-order chi connectivity index (χ1) is 6.09. The van der Waals surface area contributed by atoms with E-state index in [0.29, 0.717) is 0 Å². The Morgan fingerprint density at radius 1 is 1.54 bits per heavy atom. The number of nitrogens with zero attached hydrogens (tertiary/aromatic N) is 1. The van der Waals surface area contributed by atoms with Crippen LogP contribution in [0.3, 0.4) is 0 Å². The maximum Gasteiger partial charge on any atom is 0.0484 e. The highest BCUT2D eigenvalue weighted by Gasteiger charge is 2.01. The van der Waals surface area contributed by atoms with Crippen molar-refractivity contribution in [2.75, 3.05) is 0 Å². The van der Waals surface area contributed by atoms with E-state index in [1.165, 1.54) is 5.57 Å². The molecule has 0 bridgehead atoms. The van der Waals surface area contributed by atoms with Crippen molar-refractivity contribution >= 4 is 0 Å². The van der Waals surface area contributed by atoms with E-state index in [2.05, 4.69) is 11.1 Å². The van der Waals surface area contributed by atoms with Gasteiger partial charge >= 0.3 is 0 Å². The van der Waals surface area contributed by atoms with Crippen LogP contribution in [-0.4, -0.2) is 4.98 Å². The fraction of sp³-hybridized carbons (Fsp3) is 0.364. The zero-order valence-electron chi connectivity index (χ0n) is 8.41. The van der Waals surface area contributed by atoms with Crippen LogP contribution in [0.4, 0.5) is 0 Å². The smallest absolute Gasteiger partial charge is 0.0484 e. The van der Waals surface area contributed by atoms with Gasteiger partial charge in [-0.25, -0.2) is 0 Å². The van der Waals surface area contributed by atoms with Crippen molar-refractivity contribution in [3.05, 3.63) is 41.2 Å². The summed E-state index contributed by atoms with van der Waals surface area (Å²) >= 11 is 0. The summed E-state index contributed by atoms with van der Waals surface area (Å²) in [5.74, 6) is 0. The summed E-state index contributed by atoms with van der Waals surface area (Å²) in [7, 11) is 0. The third-order valence-corrected chi connectivity index (χ3v) is 1.82. The van der Waals surface area contributed by atoms with Crippen LogP contribution in [0.1, 0.15) is 31.1 Å². The van der Waals surface area contributed by atoms with Crippen LogP contribution < -0.4 is 5.73 Å². The molecule has 1 aromatic heterocycles. The quantitative estimate of drug-likeness (QED) is 0.702. The molecule has 0 aliphatic rings. The predicted octanol–water partition coefficient (Wildman–Crippen LogP) is 2.36. The fourth-order valence-electron chi connectivity index (χ4n) is 1.23. The van der Waals surface area contributed by atoms with Gasteiger partial charge in [0.1, 0.15) is 0 Å². The van der Waals surface area contributed by atoms with Crippen molar-refractivity contribution < 1.29 is 0 Å². The minimum atomic E-state index is -0.00769. The molecule has 0 radical (unpaired) electrons. The van der Waals surface area contributed by atoms with Crippen LogP contribution >= 0.6 is 0 Å². The molecule has 0 fully saturated rings. The van der Waals surface area contributed by atoms with E-state index < -0.39 is 0 Å². The number of hydrogen-bond acceptors (Lipinski definition) is 2. The maximum absolute atomic E-state index is 5.96. The molecule has 0 amide bonds. The molecule has 1 aromatic rings. The van der Waals surface area contributed by atoms with E-state index in [0.717, 1.165) is 11.3 Å². The molecule has 0 saturated carbocycles. The maximum atomic E-state index is 5.96. The second kappa shape index (κ2) is 4.19. The monoisotopic (exact) mass is 176 g/mol. The molecule has 2 nitrogen and oxygen atoms in total. The summed E-state index contributed by atoms with van der Waals surface area (Å²) in [6, 6.07) is 3.97. The first-order valence-electron chi connectivity index (χ1n) is 4.43. The molecule has 0 aliphatic heterocycles. The average molecular weight is 176 g/mol. The molecule has 13 heavy (non-hydrogen) atoms. The van der Waals surface area contributed by atoms with E-state index >= 15 is 0 Å². The van der Waals surface area contributed by atoms with E-state index in [1.54, 1.807) is 6.20 Å². The number of aromatic nitrogens is 1. The molecular weight excluding hydrogens is 160 g/mol. The van der Waals surface area contributed by atoms with Crippen LogP contribution in [0.15, 0.2) is 30.0 Å². The van der Waals surface area contributed by atoms with Crippen molar-refractivity contribution in [3.8, 4) is 0 Å². The summed E-state index contributed by atoms with van der Waals surface area (Å²) in [6.45, 7) is 6.07. The molecule has 1 rings (SSSR count). The van der Waals surface area contributed by atoms with Crippen molar-refractivity contribution in [1.29, 1.82) is 0 Å². The van der Waals surface area contributed by atoms with Crippen molar-refractivity contribution in [2.45, 2.75) is 26.8 Å². The molecule has 2 heteroatoms. The Balaban J connectivity index is 2.89. The first-order valence-corrected chi connectivity index (χ1v) is 4.43. The Morgan fingerprint density at radius 2 is 2.23 bits per heavy atom. The molecule has 0 aliphatic carbocycles. The number of rotatable bonds is 2. The van der Waals surface area contributed by atoms with Crippen molar-refractivity contribution in [1.82, 2.24) is 4.98 Å². The number of aryl methyl sites for hydroxylation is 1. The molecule has 1 atom stereocenters. The van der Waals surface area contributed by atoms with Crippen LogP contribution in [0, 0.1) is 6.92 Å². The van der Waals surface area contributed by atoms with Gasteiger partial charge in [0, 0.05) is 17.9 Å². The standard InChI is InChI=1S/C11H16N2/c1-8(2)6-11(12)10-4-5-13-9(3)7-10/h4-7,11H,12H2,1-3H3. The van der Waals surface area contributed by atoms with Gasteiger partial charge in [0.05, 0.1) is 0 Å². The zero-order chi connectivity index (χ0) is 9.84. The first kappa shape index (κ1) is 9.93. The molecular formula is C11H16N2. The Kier molecular flexibility index (Phi) is 3.20. The predicted molar refractivity (Wildman–Crippen MR) is 55.3 cm³/mol. The van der Waals surface area contributed by atoms with Gasteiger partial charge < -0.3 is 5.73 Å². The van der Waals surface area contributed by atoms with Crippen LogP contribution in [0.5, 0.6) is 0 Å². The Hall–Kier alpha value is -1.15. The van der Waals surface area contributed by atoms with Gasteiger partial charge in [-0.2, -0.15) is 0 Å². The van der Waals surface area contributed by atoms with Gasteiger partial charge in [0.15, 0.2) is 0 Å².